The van der Waals surface area contributed by atoms with E-state index in [1.807, 2.05) is 24.3 Å². The molecule has 0 aliphatic carbocycles. The van der Waals surface area contributed by atoms with Gasteiger partial charge in [0, 0.05) is 24.5 Å². The number of hydrogen-bond donors (Lipinski definition) is 1. The lowest BCUT2D eigenvalue weighted by atomic mass is 10.1. The van der Waals surface area contributed by atoms with E-state index in [1.165, 1.54) is 12.4 Å². The molecule has 94 valence electrons. The van der Waals surface area contributed by atoms with Crippen LogP contribution in [0.2, 0.25) is 0 Å². The summed E-state index contributed by atoms with van der Waals surface area (Å²) in [4.78, 5) is 7.12. The monoisotopic (exact) mass is 269 g/mol. The van der Waals surface area contributed by atoms with Crippen molar-refractivity contribution < 1.29 is 8.78 Å². The number of halogens is 3. The van der Waals surface area contributed by atoms with Crippen molar-refractivity contribution in [1.29, 1.82) is 0 Å². The highest BCUT2D eigenvalue weighted by atomic mass is 35.5. The molecule has 0 amide bonds. The molecule has 0 spiro atoms. The van der Waals surface area contributed by atoms with Crippen LogP contribution in [0.4, 0.5) is 8.78 Å². The Kier molecular flexibility index (Phi) is 3.54. The molecule has 1 aromatic carbocycles. The van der Waals surface area contributed by atoms with Crippen molar-refractivity contribution in [1.82, 2.24) is 9.97 Å². The molecule has 0 aliphatic heterocycles. The first-order chi connectivity index (χ1) is 8.50. The predicted molar refractivity (Wildman–Crippen MR) is 65.1 cm³/mol. The lowest BCUT2D eigenvalue weighted by Gasteiger charge is -2.07. The first-order valence-corrected chi connectivity index (χ1v) is 5.57. The third-order valence-corrected chi connectivity index (χ3v) is 2.57. The molecule has 0 fully saturated rings. The topological polar surface area (TPSA) is 51.8 Å². The van der Waals surface area contributed by atoms with E-state index in [2.05, 4.69) is 9.97 Å². The summed E-state index contributed by atoms with van der Waals surface area (Å²) in [6.45, 7) is 0.409. The summed E-state index contributed by atoms with van der Waals surface area (Å²) in [6.07, 6.45) is 2.63. The van der Waals surface area contributed by atoms with E-state index >= 15 is 0 Å². The van der Waals surface area contributed by atoms with Gasteiger partial charge in [-0.1, -0.05) is 18.2 Å². The molecule has 18 heavy (non-hydrogen) atoms. The second-order valence-electron chi connectivity index (χ2n) is 3.70. The van der Waals surface area contributed by atoms with Gasteiger partial charge >= 0.3 is 5.38 Å². The van der Waals surface area contributed by atoms with Crippen LogP contribution in [0.3, 0.4) is 0 Å². The van der Waals surface area contributed by atoms with Gasteiger partial charge in [0.15, 0.2) is 0 Å². The molecule has 0 unspecified atom stereocenters. The first-order valence-electron chi connectivity index (χ1n) is 5.19. The lowest BCUT2D eigenvalue weighted by molar-refractivity contribution is 0.0844. The maximum absolute atomic E-state index is 12.7. The summed E-state index contributed by atoms with van der Waals surface area (Å²) >= 11 is 4.83. The highest BCUT2D eigenvalue weighted by molar-refractivity contribution is 6.21. The molecular formula is C12H10ClF2N3. The molecule has 0 radical (unpaired) electrons. The van der Waals surface area contributed by atoms with Crippen LogP contribution in [0.1, 0.15) is 11.4 Å². The summed E-state index contributed by atoms with van der Waals surface area (Å²) in [5.74, 6) is -0.706. The van der Waals surface area contributed by atoms with Gasteiger partial charge in [0.25, 0.3) is 0 Å². The van der Waals surface area contributed by atoms with Gasteiger partial charge in [-0.3, -0.25) is 0 Å². The number of nitrogens with two attached hydrogens (primary N) is 1. The van der Waals surface area contributed by atoms with Gasteiger partial charge in [-0.2, -0.15) is 8.78 Å². The van der Waals surface area contributed by atoms with E-state index in [4.69, 9.17) is 17.3 Å². The van der Waals surface area contributed by atoms with E-state index < -0.39 is 11.2 Å². The third-order valence-electron chi connectivity index (χ3n) is 2.40. The van der Waals surface area contributed by atoms with Gasteiger partial charge in [0.1, 0.15) is 0 Å². The summed E-state index contributed by atoms with van der Waals surface area (Å²) in [5.41, 5.74) is 7.93. The summed E-state index contributed by atoms with van der Waals surface area (Å²) in [6, 6.07) is 7.40. The Hall–Kier alpha value is -1.59. The molecule has 6 heteroatoms. The fourth-order valence-electron chi connectivity index (χ4n) is 1.50. The van der Waals surface area contributed by atoms with E-state index in [0.717, 1.165) is 11.1 Å². The van der Waals surface area contributed by atoms with Gasteiger partial charge in [-0.15, -0.1) is 0 Å². The molecule has 0 saturated heterocycles. The Morgan fingerprint density at radius 3 is 2.39 bits per heavy atom. The molecule has 1 heterocycles. The standard InChI is InChI=1S/C12H10ClF2N3/c13-12(14,15)11-17-6-10(7-18-11)9-3-1-2-8(4-9)5-16/h1-4,6-7H,5,16H2. The minimum absolute atomic E-state index is 0.409. The zero-order valence-electron chi connectivity index (χ0n) is 9.28. The van der Waals surface area contributed by atoms with Crippen molar-refractivity contribution >= 4 is 11.6 Å². The van der Waals surface area contributed by atoms with Crippen molar-refractivity contribution in [2.45, 2.75) is 11.9 Å². The Bertz CT molecular complexity index is 538. The highest BCUT2D eigenvalue weighted by Crippen LogP contribution is 2.29. The zero-order chi connectivity index (χ0) is 13.2. The fourth-order valence-corrected chi connectivity index (χ4v) is 1.60. The summed E-state index contributed by atoms with van der Waals surface area (Å²) < 4.78 is 25.5. The van der Waals surface area contributed by atoms with Gasteiger partial charge in [-0.25, -0.2) is 9.97 Å². The van der Waals surface area contributed by atoms with Crippen LogP contribution in [-0.4, -0.2) is 9.97 Å². The van der Waals surface area contributed by atoms with Crippen LogP contribution >= 0.6 is 11.6 Å². The van der Waals surface area contributed by atoms with E-state index in [1.54, 1.807) is 0 Å². The van der Waals surface area contributed by atoms with Gasteiger partial charge in [0.2, 0.25) is 5.82 Å². The minimum Gasteiger partial charge on any atom is -0.326 e. The summed E-state index contributed by atoms with van der Waals surface area (Å²) in [7, 11) is 0. The van der Waals surface area contributed by atoms with Crippen LogP contribution in [0.5, 0.6) is 0 Å². The van der Waals surface area contributed by atoms with Crippen molar-refractivity contribution in [3.8, 4) is 11.1 Å². The van der Waals surface area contributed by atoms with Crippen LogP contribution in [0, 0.1) is 0 Å². The predicted octanol–water partition coefficient (Wildman–Crippen LogP) is 2.89. The molecule has 2 rings (SSSR count). The minimum atomic E-state index is -3.54. The average molecular weight is 270 g/mol. The molecule has 2 aromatic rings. The maximum atomic E-state index is 12.7. The van der Waals surface area contributed by atoms with Crippen LogP contribution in [0.25, 0.3) is 11.1 Å². The smallest absolute Gasteiger partial charge is 0.326 e. The number of aromatic nitrogens is 2. The molecule has 3 nitrogen and oxygen atoms in total. The molecule has 0 bridgehead atoms. The van der Waals surface area contributed by atoms with Crippen molar-refractivity contribution in [3.63, 3.8) is 0 Å². The third kappa shape index (κ3) is 2.80. The van der Waals surface area contributed by atoms with Crippen LogP contribution in [-0.2, 0) is 11.9 Å². The number of benzene rings is 1. The molecule has 2 N–H and O–H groups in total. The second-order valence-corrected chi connectivity index (χ2v) is 4.17. The number of nitrogens with zero attached hydrogens (tertiary/aromatic N) is 2. The number of hydrogen-bond acceptors (Lipinski definition) is 3. The largest absolute Gasteiger partial charge is 0.381 e. The van der Waals surface area contributed by atoms with Gasteiger partial charge in [-0.05, 0) is 28.8 Å². The van der Waals surface area contributed by atoms with E-state index in [9.17, 15) is 8.78 Å². The summed E-state index contributed by atoms with van der Waals surface area (Å²) in [5, 5.41) is -3.54. The highest BCUT2D eigenvalue weighted by Gasteiger charge is 2.31. The maximum Gasteiger partial charge on any atom is 0.381 e. The SMILES string of the molecule is NCc1cccc(-c2cnc(C(F)(F)Cl)nc2)c1. The van der Waals surface area contributed by atoms with E-state index in [0.29, 0.717) is 12.1 Å². The average Bonchev–Trinajstić information content (AvgIpc) is 2.38. The molecule has 1 aromatic heterocycles. The van der Waals surface area contributed by atoms with Crippen LogP contribution in [0.15, 0.2) is 36.7 Å². The Labute approximate surface area is 108 Å². The Morgan fingerprint density at radius 1 is 1.17 bits per heavy atom. The lowest BCUT2D eigenvalue weighted by Crippen LogP contribution is -2.09. The number of alkyl halides is 3. The molecule has 0 atom stereocenters. The van der Waals surface area contributed by atoms with Crippen LogP contribution < -0.4 is 5.73 Å². The normalized spacial score (nSPS) is 11.6. The number of rotatable bonds is 3. The van der Waals surface area contributed by atoms with E-state index in [-0.39, 0.29) is 0 Å². The van der Waals surface area contributed by atoms with Gasteiger partial charge < -0.3 is 5.73 Å². The quantitative estimate of drug-likeness (QED) is 0.872. The van der Waals surface area contributed by atoms with Gasteiger partial charge in [0.05, 0.1) is 0 Å². The van der Waals surface area contributed by atoms with Crippen molar-refractivity contribution in [2.75, 3.05) is 0 Å². The van der Waals surface area contributed by atoms with Crippen molar-refractivity contribution in [2.24, 2.45) is 5.73 Å². The first kappa shape index (κ1) is 12.9. The Balaban J connectivity index is 2.34. The Morgan fingerprint density at radius 2 is 1.83 bits per heavy atom. The van der Waals surface area contributed by atoms with Crippen molar-refractivity contribution in [3.05, 3.63) is 48.0 Å². The zero-order valence-corrected chi connectivity index (χ0v) is 10.0. The second kappa shape index (κ2) is 4.96. The molecular weight excluding hydrogens is 260 g/mol. The fraction of sp³-hybridized carbons (Fsp3) is 0.167. The molecule has 0 aliphatic rings. The molecule has 0 saturated carbocycles.